The van der Waals surface area contributed by atoms with E-state index >= 15 is 0 Å². The predicted octanol–water partition coefficient (Wildman–Crippen LogP) is 17.4. The summed E-state index contributed by atoms with van der Waals surface area (Å²) >= 11 is 0. The van der Waals surface area contributed by atoms with E-state index in [1.807, 2.05) is 0 Å². The molecule has 0 rings (SSSR count). The van der Waals surface area contributed by atoms with E-state index in [-0.39, 0.29) is 32.2 Å². The van der Waals surface area contributed by atoms with E-state index in [0.29, 0.717) is 12.8 Å². The molecule has 8 nitrogen and oxygen atoms in total. The lowest BCUT2D eigenvalue weighted by molar-refractivity contribution is -0.161. The molecule has 0 aromatic rings. The standard InChI is InChI=1S/C53H101O8P/c1-4-7-9-11-13-15-17-19-21-23-25-26-27-28-30-31-33-35-37-39-41-43-45-47-52(54)58-49-51(50-60-62(56,57)59-6-3)61-53(55)48-46-44-42-40-38-36-34-32-29-24-22-20-18-16-14-12-10-8-5-2/h14,16,20,22,51H,4-13,15,17-19,21,23-50H2,1-3H3,(H,56,57)/b16-14-,22-20-. The molecule has 0 aliphatic carbocycles. The Morgan fingerprint density at radius 1 is 0.435 bits per heavy atom. The second-order valence-corrected chi connectivity index (χ2v) is 19.4. The molecule has 0 aliphatic rings. The van der Waals surface area contributed by atoms with Crippen LogP contribution in [-0.2, 0) is 32.7 Å². The molecule has 366 valence electrons. The summed E-state index contributed by atoms with van der Waals surface area (Å²) < 4.78 is 32.8. The van der Waals surface area contributed by atoms with Crippen molar-refractivity contribution in [2.45, 2.75) is 284 Å². The molecule has 0 bridgehead atoms. The number of phosphoric ester groups is 1. The van der Waals surface area contributed by atoms with E-state index in [1.165, 1.54) is 193 Å². The number of allylic oxidation sites excluding steroid dienone is 4. The van der Waals surface area contributed by atoms with Crippen LogP contribution in [0, 0.1) is 0 Å². The van der Waals surface area contributed by atoms with Gasteiger partial charge < -0.3 is 14.4 Å². The largest absolute Gasteiger partial charge is 0.472 e. The molecule has 0 heterocycles. The molecular formula is C53H101O8P. The van der Waals surface area contributed by atoms with E-state index < -0.39 is 19.9 Å². The number of rotatable bonds is 50. The first-order chi connectivity index (χ1) is 30.3. The molecule has 0 aliphatic heterocycles. The summed E-state index contributed by atoms with van der Waals surface area (Å²) in [6.07, 6.45) is 56.7. The second kappa shape index (κ2) is 49.0. The fraction of sp³-hybridized carbons (Fsp3) is 0.887. The van der Waals surface area contributed by atoms with E-state index in [9.17, 15) is 19.0 Å². The van der Waals surface area contributed by atoms with Gasteiger partial charge in [0, 0.05) is 12.8 Å². The van der Waals surface area contributed by atoms with Gasteiger partial charge in [0.15, 0.2) is 6.10 Å². The van der Waals surface area contributed by atoms with Crippen LogP contribution in [0.5, 0.6) is 0 Å². The molecule has 2 unspecified atom stereocenters. The van der Waals surface area contributed by atoms with Crippen molar-refractivity contribution in [2.75, 3.05) is 19.8 Å². The van der Waals surface area contributed by atoms with Crippen LogP contribution in [0.1, 0.15) is 278 Å². The molecular weight excluding hydrogens is 796 g/mol. The van der Waals surface area contributed by atoms with Gasteiger partial charge in [0.05, 0.1) is 13.2 Å². The average molecular weight is 897 g/mol. The van der Waals surface area contributed by atoms with E-state index in [2.05, 4.69) is 38.2 Å². The molecule has 0 fully saturated rings. The first-order valence-electron chi connectivity index (χ1n) is 26.6. The maximum absolute atomic E-state index is 12.6. The van der Waals surface area contributed by atoms with Crippen molar-refractivity contribution in [3.8, 4) is 0 Å². The second-order valence-electron chi connectivity index (χ2n) is 17.9. The number of esters is 2. The Morgan fingerprint density at radius 2 is 0.774 bits per heavy atom. The molecule has 0 aromatic heterocycles. The zero-order valence-corrected chi connectivity index (χ0v) is 41.9. The van der Waals surface area contributed by atoms with Gasteiger partial charge in [-0.2, -0.15) is 0 Å². The van der Waals surface area contributed by atoms with Crippen molar-refractivity contribution in [1.82, 2.24) is 0 Å². The van der Waals surface area contributed by atoms with Crippen molar-refractivity contribution in [3.05, 3.63) is 24.3 Å². The Morgan fingerprint density at radius 3 is 1.18 bits per heavy atom. The number of ether oxygens (including phenoxy) is 2. The third-order valence-corrected chi connectivity index (χ3v) is 12.8. The number of carbonyl (C=O) groups is 2. The van der Waals surface area contributed by atoms with Gasteiger partial charge in [0.25, 0.3) is 0 Å². The van der Waals surface area contributed by atoms with Gasteiger partial charge in [-0.05, 0) is 51.9 Å². The van der Waals surface area contributed by atoms with Gasteiger partial charge in [0.1, 0.15) is 6.61 Å². The lowest BCUT2D eigenvalue weighted by Crippen LogP contribution is -2.29. The first-order valence-corrected chi connectivity index (χ1v) is 28.1. The zero-order chi connectivity index (χ0) is 45.3. The lowest BCUT2D eigenvalue weighted by Gasteiger charge is -2.19. The Bertz CT molecular complexity index is 1060. The fourth-order valence-electron chi connectivity index (χ4n) is 7.84. The fourth-order valence-corrected chi connectivity index (χ4v) is 8.59. The molecule has 62 heavy (non-hydrogen) atoms. The van der Waals surface area contributed by atoms with Crippen molar-refractivity contribution in [3.63, 3.8) is 0 Å². The minimum absolute atomic E-state index is 0.00194. The number of hydrogen-bond donors (Lipinski definition) is 1. The minimum Gasteiger partial charge on any atom is -0.462 e. The lowest BCUT2D eigenvalue weighted by atomic mass is 10.0. The maximum Gasteiger partial charge on any atom is 0.472 e. The summed E-state index contributed by atoms with van der Waals surface area (Å²) in [5.41, 5.74) is 0. The maximum atomic E-state index is 12.6. The van der Waals surface area contributed by atoms with Gasteiger partial charge in [-0.25, -0.2) is 4.57 Å². The van der Waals surface area contributed by atoms with Crippen LogP contribution in [0.2, 0.25) is 0 Å². The smallest absolute Gasteiger partial charge is 0.462 e. The van der Waals surface area contributed by atoms with Crippen LogP contribution in [0.25, 0.3) is 0 Å². The Labute approximate surface area is 383 Å². The SMILES string of the molecule is CCCCC/C=C\C/C=C\CCCCCCCCCCCC(=O)OC(COC(=O)CCCCCCCCCCCCCCCCCCCCCCCCC)COP(=O)(O)OCC. The average Bonchev–Trinajstić information content (AvgIpc) is 3.25. The molecule has 0 spiro atoms. The van der Waals surface area contributed by atoms with Crippen LogP contribution >= 0.6 is 7.82 Å². The van der Waals surface area contributed by atoms with Crippen LogP contribution in [0.4, 0.5) is 0 Å². The highest BCUT2D eigenvalue weighted by Crippen LogP contribution is 2.43. The zero-order valence-electron chi connectivity index (χ0n) is 41.0. The Balaban J connectivity index is 3.92. The van der Waals surface area contributed by atoms with Crippen LogP contribution in [0.3, 0.4) is 0 Å². The van der Waals surface area contributed by atoms with Crippen molar-refractivity contribution in [2.24, 2.45) is 0 Å². The number of phosphoric acid groups is 1. The Kier molecular flexibility index (Phi) is 47.8. The highest BCUT2D eigenvalue weighted by atomic mass is 31.2. The summed E-state index contributed by atoms with van der Waals surface area (Å²) in [5, 5.41) is 0. The molecule has 9 heteroatoms. The highest BCUT2D eigenvalue weighted by molar-refractivity contribution is 7.47. The van der Waals surface area contributed by atoms with Gasteiger partial charge in [-0.3, -0.25) is 18.6 Å². The Hall–Kier alpha value is -1.47. The van der Waals surface area contributed by atoms with Crippen LogP contribution < -0.4 is 0 Å². The normalized spacial score (nSPS) is 13.3. The van der Waals surface area contributed by atoms with E-state index in [1.54, 1.807) is 6.92 Å². The van der Waals surface area contributed by atoms with Gasteiger partial charge >= 0.3 is 19.8 Å². The van der Waals surface area contributed by atoms with Gasteiger partial charge in [-0.15, -0.1) is 0 Å². The summed E-state index contributed by atoms with van der Waals surface area (Å²) in [6.45, 7) is 5.51. The molecule has 2 atom stereocenters. The van der Waals surface area contributed by atoms with E-state index in [4.69, 9.17) is 18.5 Å². The molecule has 0 aromatic carbocycles. The highest BCUT2D eigenvalue weighted by Gasteiger charge is 2.25. The number of unbranched alkanes of at least 4 members (excludes halogenated alkanes) is 34. The summed E-state index contributed by atoms with van der Waals surface area (Å²) in [5.74, 6) is -0.787. The molecule has 0 saturated heterocycles. The molecule has 0 radical (unpaired) electrons. The third kappa shape index (κ3) is 48.0. The van der Waals surface area contributed by atoms with Gasteiger partial charge in [0.2, 0.25) is 0 Å². The van der Waals surface area contributed by atoms with Crippen molar-refractivity contribution < 1.29 is 37.6 Å². The summed E-state index contributed by atoms with van der Waals surface area (Å²) in [6, 6.07) is 0. The number of hydrogen-bond acceptors (Lipinski definition) is 7. The molecule has 1 N–H and O–H groups in total. The van der Waals surface area contributed by atoms with Crippen LogP contribution in [-0.4, -0.2) is 42.8 Å². The monoisotopic (exact) mass is 897 g/mol. The topological polar surface area (TPSA) is 108 Å². The molecule has 0 amide bonds. The summed E-state index contributed by atoms with van der Waals surface area (Å²) in [7, 11) is -4.28. The molecule has 0 saturated carbocycles. The number of carbonyl (C=O) groups excluding carboxylic acids is 2. The first kappa shape index (κ1) is 60.5. The van der Waals surface area contributed by atoms with E-state index in [0.717, 1.165) is 44.9 Å². The van der Waals surface area contributed by atoms with Crippen molar-refractivity contribution in [1.29, 1.82) is 0 Å². The van der Waals surface area contributed by atoms with Crippen LogP contribution in [0.15, 0.2) is 24.3 Å². The quantitative estimate of drug-likeness (QED) is 0.0278. The van der Waals surface area contributed by atoms with Gasteiger partial charge in [-0.1, -0.05) is 237 Å². The summed E-state index contributed by atoms with van der Waals surface area (Å²) in [4.78, 5) is 35.0. The minimum atomic E-state index is -4.28. The predicted molar refractivity (Wildman–Crippen MR) is 263 cm³/mol. The van der Waals surface area contributed by atoms with Crippen molar-refractivity contribution >= 4 is 19.8 Å². The third-order valence-electron chi connectivity index (χ3n) is 11.8.